The lowest BCUT2D eigenvalue weighted by Gasteiger charge is -2.31. The number of hydrogen-bond acceptors (Lipinski definition) is 5. The first-order chi connectivity index (χ1) is 12.9. The van der Waals surface area contributed by atoms with E-state index in [-0.39, 0.29) is 0 Å². The Bertz CT molecular complexity index is 1060. The van der Waals surface area contributed by atoms with E-state index >= 15 is 0 Å². The zero-order valence-electron chi connectivity index (χ0n) is 15.8. The van der Waals surface area contributed by atoms with E-state index in [0.717, 1.165) is 36.5 Å². The van der Waals surface area contributed by atoms with Gasteiger partial charge < -0.3 is 4.90 Å². The number of fused-ring (bicyclic) bond motifs is 1. The fraction of sp³-hybridized carbons (Fsp3) is 0.400. The molecule has 4 rings (SSSR count). The van der Waals surface area contributed by atoms with Crippen molar-refractivity contribution >= 4 is 21.2 Å². The number of piperidine rings is 1. The summed E-state index contributed by atoms with van der Waals surface area (Å²) in [7, 11) is -2.68. The minimum absolute atomic E-state index is 0.575. The highest BCUT2D eigenvalue weighted by Crippen LogP contribution is 2.30. The first-order valence-corrected chi connectivity index (χ1v) is 11.3. The van der Waals surface area contributed by atoms with Crippen LogP contribution in [0.4, 0.5) is 5.82 Å². The van der Waals surface area contributed by atoms with Crippen LogP contribution in [0.2, 0.25) is 0 Å². The molecule has 1 aliphatic rings. The average molecular weight is 384 g/mol. The van der Waals surface area contributed by atoms with Crippen molar-refractivity contribution in [1.29, 1.82) is 4.78 Å². The van der Waals surface area contributed by atoms with Gasteiger partial charge in [-0.05, 0) is 55.5 Å². The Morgan fingerprint density at radius 3 is 2.52 bits per heavy atom. The maximum atomic E-state index is 11.9. The van der Waals surface area contributed by atoms with Crippen molar-refractivity contribution in [3.8, 4) is 0 Å². The summed E-state index contributed by atoms with van der Waals surface area (Å²) in [5, 5.41) is 4.48. The van der Waals surface area contributed by atoms with Crippen molar-refractivity contribution in [3.05, 3.63) is 53.3 Å². The maximum absolute atomic E-state index is 11.9. The molecule has 0 aliphatic carbocycles. The van der Waals surface area contributed by atoms with Crippen LogP contribution in [0.5, 0.6) is 0 Å². The maximum Gasteiger partial charge on any atom is 0.157 e. The van der Waals surface area contributed by atoms with Crippen molar-refractivity contribution in [1.82, 2.24) is 14.6 Å². The molecule has 3 heterocycles. The van der Waals surface area contributed by atoms with Crippen molar-refractivity contribution in [2.75, 3.05) is 24.2 Å². The van der Waals surface area contributed by atoms with E-state index in [1.54, 1.807) is 6.33 Å². The number of nitrogens with zero attached hydrogens (tertiary/aromatic N) is 4. The predicted molar refractivity (Wildman–Crippen MR) is 108 cm³/mol. The molecule has 142 valence electrons. The zero-order chi connectivity index (χ0) is 19.0. The fourth-order valence-electron chi connectivity index (χ4n) is 3.82. The third-order valence-corrected chi connectivity index (χ3v) is 6.45. The molecule has 1 saturated heterocycles. The van der Waals surface area contributed by atoms with Gasteiger partial charge >= 0.3 is 0 Å². The smallest absolute Gasteiger partial charge is 0.157 e. The van der Waals surface area contributed by atoms with Gasteiger partial charge in [0.2, 0.25) is 0 Å². The molecular weight excluding hydrogens is 358 g/mol. The quantitative estimate of drug-likeness (QED) is 0.746. The van der Waals surface area contributed by atoms with Gasteiger partial charge in [-0.2, -0.15) is 9.61 Å². The van der Waals surface area contributed by atoms with Gasteiger partial charge in [0.15, 0.2) is 5.65 Å². The monoisotopic (exact) mass is 383 g/mol. The van der Waals surface area contributed by atoms with Gasteiger partial charge in [0.1, 0.15) is 12.1 Å². The van der Waals surface area contributed by atoms with E-state index in [1.807, 2.05) is 28.8 Å². The minimum Gasteiger partial charge on any atom is -0.356 e. The topological polar surface area (TPSA) is 74.3 Å². The number of aryl methyl sites for hydroxylation is 1. The summed E-state index contributed by atoms with van der Waals surface area (Å²) < 4.78 is 21.6. The van der Waals surface area contributed by atoms with Crippen LogP contribution in [0, 0.1) is 11.7 Å². The minimum atomic E-state index is -2.68. The summed E-state index contributed by atoms with van der Waals surface area (Å²) in [6.45, 7) is 4.22. The van der Waals surface area contributed by atoms with Crippen LogP contribution >= 0.6 is 0 Å². The molecule has 0 radical (unpaired) electrons. The summed E-state index contributed by atoms with van der Waals surface area (Å²) in [6, 6.07) is 9.69. The van der Waals surface area contributed by atoms with Crippen LogP contribution < -0.4 is 4.90 Å². The van der Waals surface area contributed by atoms with Gasteiger partial charge in [-0.25, -0.2) is 14.0 Å². The van der Waals surface area contributed by atoms with Crippen molar-refractivity contribution in [2.45, 2.75) is 37.5 Å². The Labute approximate surface area is 160 Å². The molecule has 1 fully saturated rings. The molecule has 0 bridgehead atoms. The van der Waals surface area contributed by atoms with Gasteiger partial charge in [-0.15, -0.1) is 0 Å². The van der Waals surface area contributed by atoms with Gasteiger partial charge in [-0.1, -0.05) is 12.1 Å². The Morgan fingerprint density at radius 2 is 1.85 bits per heavy atom. The molecule has 1 N–H and O–H groups in total. The van der Waals surface area contributed by atoms with Gasteiger partial charge in [0, 0.05) is 36.2 Å². The first-order valence-electron chi connectivity index (χ1n) is 9.33. The normalized spacial score (nSPS) is 17.2. The predicted octanol–water partition coefficient (Wildman–Crippen LogP) is 3.65. The van der Waals surface area contributed by atoms with Crippen LogP contribution in [0.25, 0.3) is 5.65 Å². The summed E-state index contributed by atoms with van der Waals surface area (Å²) in [4.78, 5) is 7.40. The molecule has 6 nitrogen and oxygen atoms in total. The van der Waals surface area contributed by atoms with Crippen molar-refractivity contribution in [2.24, 2.45) is 0 Å². The van der Waals surface area contributed by atoms with Crippen LogP contribution in [0.15, 0.2) is 41.6 Å². The number of nitrogens with one attached hydrogen (secondary N) is 1. The van der Waals surface area contributed by atoms with E-state index in [1.165, 1.54) is 36.6 Å². The fourth-order valence-corrected chi connectivity index (χ4v) is 4.47. The van der Waals surface area contributed by atoms with Gasteiger partial charge in [-0.3, -0.25) is 0 Å². The average Bonchev–Trinajstić information content (AvgIpc) is 3.10. The second-order valence-electron chi connectivity index (χ2n) is 7.37. The van der Waals surface area contributed by atoms with E-state index in [2.05, 4.69) is 28.0 Å². The summed E-state index contributed by atoms with van der Waals surface area (Å²) in [5.74, 6) is 1.14. The van der Waals surface area contributed by atoms with Crippen LogP contribution in [0.3, 0.4) is 0 Å². The van der Waals surface area contributed by atoms with E-state index in [4.69, 9.17) is 4.78 Å². The van der Waals surface area contributed by atoms with Gasteiger partial charge in [0.05, 0.1) is 9.73 Å². The highest BCUT2D eigenvalue weighted by molar-refractivity contribution is 7.91. The summed E-state index contributed by atoms with van der Waals surface area (Å²) in [6.07, 6.45) is 7.53. The Balaban J connectivity index is 1.77. The first kappa shape index (κ1) is 18.0. The molecule has 3 aromatic rings. The molecular formula is C20H25N5OS. The SMILES string of the molecule is Cc1cc2ncnn2c(N2CCCCC2)c1Cc1ccc(S(C)(=N)=O)cc1. The number of anilines is 1. The molecule has 0 saturated carbocycles. The van der Waals surface area contributed by atoms with Crippen LogP contribution in [-0.4, -0.2) is 38.2 Å². The number of hydrogen-bond donors (Lipinski definition) is 1. The molecule has 1 aromatic carbocycles. The Hall–Kier alpha value is -2.41. The number of pyridine rings is 1. The zero-order valence-corrected chi connectivity index (χ0v) is 16.6. The van der Waals surface area contributed by atoms with Crippen LogP contribution in [0.1, 0.15) is 36.0 Å². The summed E-state index contributed by atoms with van der Waals surface area (Å²) in [5.41, 5.74) is 4.49. The number of rotatable bonds is 4. The second kappa shape index (κ2) is 6.96. The number of benzene rings is 1. The van der Waals surface area contributed by atoms with Crippen LogP contribution in [-0.2, 0) is 16.1 Å². The molecule has 1 aliphatic heterocycles. The second-order valence-corrected chi connectivity index (χ2v) is 9.53. The molecule has 2 aromatic heterocycles. The highest BCUT2D eigenvalue weighted by Gasteiger charge is 2.21. The molecule has 1 unspecified atom stereocenters. The largest absolute Gasteiger partial charge is 0.356 e. The third-order valence-electron chi connectivity index (χ3n) is 5.28. The Kier molecular flexibility index (Phi) is 4.63. The van der Waals surface area contributed by atoms with E-state index in [9.17, 15) is 4.21 Å². The Morgan fingerprint density at radius 1 is 1.15 bits per heavy atom. The van der Waals surface area contributed by atoms with Gasteiger partial charge in [0.25, 0.3) is 0 Å². The third kappa shape index (κ3) is 3.56. The van der Waals surface area contributed by atoms with Crippen molar-refractivity contribution < 1.29 is 4.21 Å². The van der Waals surface area contributed by atoms with E-state index < -0.39 is 9.73 Å². The molecule has 0 amide bonds. The molecule has 0 spiro atoms. The lowest BCUT2D eigenvalue weighted by molar-refractivity contribution is 0.567. The van der Waals surface area contributed by atoms with E-state index in [0.29, 0.717) is 4.90 Å². The number of aromatic nitrogens is 3. The molecule has 27 heavy (non-hydrogen) atoms. The standard InChI is InChI=1S/C20H25N5OS/c1-15-12-19-22-14-23-25(19)20(24-10-4-3-5-11-24)18(15)13-16-6-8-17(9-7-16)27(2,21)26/h6-9,12,14,21H,3-5,10-11,13H2,1-2H3. The lowest BCUT2D eigenvalue weighted by Crippen LogP contribution is -2.32. The highest BCUT2D eigenvalue weighted by atomic mass is 32.2. The van der Waals surface area contributed by atoms with Crippen molar-refractivity contribution in [3.63, 3.8) is 0 Å². The summed E-state index contributed by atoms with van der Waals surface area (Å²) >= 11 is 0. The molecule has 1 atom stereocenters. The molecule has 7 heteroatoms. The lowest BCUT2D eigenvalue weighted by atomic mass is 10.00.